The van der Waals surface area contributed by atoms with Crippen LogP contribution in [-0.4, -0.2) is 21.3 Å². The Morgan fingerprint density at radius 1 is 1.40 bits per heavy atom. The van der Waals surface area contributed by atoms with E-state index in [-0.39, 0.29) is 5.91 Å². The van der Waals surface area contributed by atoms with E-state index in [0.717, 1.165) is 34.2 Å². The van der Waals surface area contributed by atoms with Crippen LogP contribution in [0.15, 0.2) is 16.7 Å². The van der Waals surface area contributed by atoms with E-state index in [1.165, 1.54) is 12.8 Å². The summed E-state index contributed by atoms with van der Waals surface area (Å²) in [6, 6.07) is 2.33. The van der Waals surface area contributed by atoms with E-state index < -0.39 is 0 Å². The summed E-state index contributed by atoms with van der Waals surface area (Å²) in [5.74, 6) is -0.0144. The van der Waals surface area contributed by atoms with Crippen LogP contribution in [0.5, 0.6) is 0 Å². The second kappa shape index (κ2) is 5.20. The summed E-state index contributed by atoms with van der Waals surface area (Å²) in [7, 11) is 0. The highest BCUT2D eigenvalue weighted by atomic mass is 79.9. The molecule has 106 valence electrons. The molecule has 1 saturated carbocycles. The Balaban J connectivity index is 2.01. The number of amides is 1. The Hall–Kier alpha value is -1.36. The minimum atomic E-state index is -0.0144. The molecule has 0 spiro atoms. The first-order chi connectivity index (χ1) is 9.56. The van der Waals surface area contributed by atoms with Crippen molar-refractivity contribution in [2.75, 3.05) is 0 Å². The summed E-state index contributed by atoms with van der Waals surface area (Å²) in [5, 5.41) is 3.14. The summed E-state index contributed by atoms with van der Waals surface area (Å²) >= 11 is 3.48. The summed E-state index contributed by atoms with van der Waals surface area (Å²) in [4.78, 5) is 17.1. The number of nitrogens with zero attached hydrogens (tertiary/aromatic N) is 2. The van der Waals surface area contributed by atoms with Gasteiger partial charge in [-0.25, -0.2) is 4.98 Å². The zero-order chi connectivity index (χ0) is 14.3. The number of fused-ring (bicyclic) bond motifs is 1. The van der Waals surface area contributed by atoms with Crippen LogP contribution < -0.4 is 5.32 Å². The number of pyridine rings is 1. The third-order valence-electron chi connectivity index (χ3n) is 3.95. The highest BCUT2D eigenvalue weighted by molar-refractivity contribution is 9.10. The van der Waals surface area contributed by atoms with Gasteiger partial charge in [-0.3, -0.25) is 9.20 Å². The SMILES string of the molecule is Cc1nc2c(C)cc(Br)cn2c1C(=O)NC1CCCC1. The van der Waals surface area contributed by atoms with Gasteiger partial charge in [0.25, 0.3) is 5.91 Å². The quantitative estimate of drug-likeness (QED) is 0.914. The van der Waals surface area contributed by atoms with Gasteiger partial charge in [0.2, 0.25) is 0 Å². The minimum absolute atomic E-state index is 0.0144. The molecule has 1 aliphatic rings. The summed E-state index contributed by atoms with van der Waals surface area (Å²) in [6.07, 6.45) is 6.50. The number of rotatable bonds is 2. The third-order valence-corrected chi connectivity index (χ3v) is 4.38. The van der Waals surface area contributed by atoms with Gasteiger partial charge in [0.1, 0.15) is 11.3 Å². The second-order valence-electron chi connectivity index (χ2n) is 5.54. The lowest BCUT2D eigenvalue weighted by atomic mass is 10.2. The zero-order valence-electron chi connectivity index (χ0n) is 11.7. The molecule has 0 saturated heterocycles. The van der Waals surface area contributed by atoms with Crippen LogP contribution >= 0.6 is 15.9 Å². The maximum absolute atomic E-state index is 12.5. The number of nitrogens with one attached hydrogen (secondary N) is 1. The number of halogens is 1. The van der Waals surface area contributed by atoms with E-state index in [9.17, 15) is 4.79 Å². The molecule has 0 unspecified atom stereocenters. The maximum atomic E-state index is 12.5. The monoisotopic (exact) mass is 335 g/mol. The van der Waals surface area contributed by atoms with E-state index >= 15 is 0 Å². The highest BCUT2D eigenvalue weighted by Gasteiger charge is 2.22. The number of hydrogen-bond donors (Lipinski definition) is 1. The van der Waals surface area contributed by atoms with Gasteiger partial charge in [0.15, 0.2) is 0 Å². The number of imidazole rings is 1. The molecule has 0 bridgehead atoms. The molecule has 2 aromatic heterocycles. The average Bonchev–Trinajstić information content (AvgIpc) is 2.96. The third kappa shape index (κ3) is 2.35. The first-order valence-corrected chi connectivity index (χ1v) is 7.81. The molecule has 0 aromatic carbocycles. The van der Waals surface area contributed by atoms with Crippen molar-refractivity contribution < 1.29 is 4.79 Å². The highest BCUT2D eigenvalue weighted by Crippen LogP contribution is 2.22. The maximum Gasteiger partial charge on any atom is 0.270 e. The number of carbonyl (C=O) groups excluding carboxylic acids is 1. The van der Waals surface area contributed by atoms with Crippen molar-refractivity contribution >= 4 is 27.5 Å². The molecule has 0 radical (unpaired) electrons. The van der Waals surface area contributed by atoms with Crippen molar-refractivity contribution in [2.24, 2.45) is 0 Å². The van der Waals surface area contributed by atoms with Gasteiger partial charge in [0, 0.05) is 16.7 Å². The fraction of sp³-hybridized carbons (Fsp3) is 0.467. The van der Waals surface area contributed by atoms with Gasteiger partial charge in [-0.2, -0.15) is 0 Å². The van der Waals surface area contributed by atoms with E-state index in [1.807, 2.05) is 30.5 Å². The normalized spacial score (nSPS) is 15.9. The Kier molecular flexibility index (Phi) is 3.54. The van der Waals surface area contributed by atoms with Gasteiger partial charge in [0.05, 0.1) is 5.69 Å². The fourth-order valence-electron chi connectivity index (χ4n) is 2.98. The predicted octanol–water partition coefficient (Wildman–Crippen LogP) is 3.39. The van der Waals surface area contributed by atoms with Gasteiger partial charge in [-0.1, -0.05) is 12.8 Å². The van der Waals surface area contributed by atoms with Crippen LogP contribution in [0, 0.1) is 13.8 Å². The van der Waals surface area contributed by atoms with Crippen molar-refractivity contribution in [3.8, 4) is 0 Å². The standard InChI is InChI=1S/C15H18BrN3O/c1-9-7-11(16)8-19-13(10(2)17-14(9)19)15(20)18-12-5-3-4-6-12/h7-8,12H,3-6H2,1-2H3,(H,18,20). The molecule has 0 aliphatic heterocycles. The predicted molar refractivity (Wildman–Crippen MR) is 82.1 cm³/mol. The smallest absolute Gasteiger partial charge is 0.270 e. The summed E-state index contributed by atoms with van der Waals surface area (Å²) in [6.45, 7) is 3.90. The van der Waals surface area contributed by atoms with E-state index in [2.05, 4.69) is 26.2 Å². The lowest BCUT2D eigenvalue weighted by Crippen LogP contribution is -2.33. The number of aryl methyl sites for hydroxylation is 2. The summed E-state index contributed by atoms with van der Waals surface area (Å²) in [5.41, 5.74) is 3.34. The van der Waals surface area contributed by atoms with Gasteiger partial charge in [-0.05, 0) is 54.2 Å². The minimum Gasteiger partial charge on any atom is -0.348 e. The lowest BCUT2D eigenvalue weighted by molar-refractivity contribution is 0.0931. The van der Waals surface area contributed by atoms with E-state index in [4.69, 9.17) is 0 Å². The molecule has 1 fully saturated rings. The van der Waals surface area contributed by atoms with Gasteiger partial charge in [-0.15, -0.1) is 0 Å². The van der Waals surface area contributed by atoms with Crippen LogP contribution in [0.1, 0.15) is 47.4 Å². The molecular weight excluding hydrogens is 318 g/mol. The first kappa shape index (κ1) is 13.6. The Labute approximate surface area is 126 Å². The van der Waals surface area contributed by atoms with Crippen LogP contribution in [0.3, 0.4) is 0 Å². The molecule has 2 aromatic rings. The molecular formula is C15H18BrN3O. The van der Waals surface area contributed by atoms with Crippen LogP contribution in [0.4, 0.5) is 0 Å². The molecule has 1 N–H and O–H groups in total. The Morgan fingerprint density at radius 3 is 2.80 bits per heavy atom. The zero-order valence-corrected chi connectivity index (χ0v) is 13.3. The van der Waals surface area contributed by atoms with Crippen LogP contribution in [-0.2, 0) is 0 Å². The van der Waals surface area contributed by atoms with Crippen molar-refractivity contribution in [3.05, 3.63) is 33.7 Å². The van der Waals surface area contributed by atoms with Gasteiger partial charge < -0.3 is 5.32 Å². The lowest BCUT2D eigenvalue weighted by Gasteiger charge is -2.12. The topological polar surface area (TPSA) is 46.4 Å². The molecule has 5 heteroatoms. The second-order valence-corrected chi connectivity index (χ2v) is 6.45. The van der Waals surface area contributed by atoms with Crippen LogP contribution in [0.2, 0.25) is 0 Å². The number of hydrogen-bond acceptors (Lipinski definition) is 2. The van der Waals surface area contributed by atoms with Crippen molar-refractivity contribution in [1.29, 1.82) is 0 Å². The number of carbonyl (C=O) groups is 1. The molecule has 20 heavy (non-hydrogen) atoms. The molecule has 4 nitrogen and oxygen atoms in total. The average molecular weight is 336 g/mol. The largest absolute Gasteiger partial charge is 0.348 e. The molecule has 1 aliphatic carbocycles. The van der Waals surface area contributed by atoms with Crippen molar-refractivity contribution in [3.63, 3.8) is 0 Å². The van der Waals surface area contributed by atoms with Crippen molar-refractivity contribution in [1.82, 2.24) is 14.7 Å². The summed E-state index contributed by atoms with van der Waals surface area (Å²) < 4.78 is 2.84. The Bertz CT molecular complexity index is 671. The molecule has 3 rings (SSSR count). The molecule has 2 heterocycles. The van der Waals surface area contributed by atoms with E-state index in [0.29, 0.717) is 11.7 Å². The van der Waals surface area contributed by atoms with Crippen LogP contribution in [0.25, 0.3) is 5.65 Å². The number of aromatic nitrogens is 2. The van der Waals surface area contributed by atoms with Crippen molar-refractivity contribution in [2.45, 2.75) is 45.6 Å². The van der Waals surface area contributed by atoms with Gasteiger partial charge >= 0.3 is 0 Å². The van der Waals surface area contributed by atoms with E-state index in [1.54, 1.807) is 0 Å². The molecule has 1 amide bonds. The first-order valence-electron chi connectivity index (χ1n) is 7.02. The fourth-order valence-corrected chi connectivity index (χ4v) is 3.53. The molecule has 0 atom stereocenters. The Morgan fingerprint density at radius 2 is 2.10 bits per heavy atom.